The minimum absolute atomic E-state index is 0.00782. The van der Waals surface area contributed by atoms with Gasteiger partial charge in [-0.15, -0.1) is 0 Å². The molecule has 1 saturated heterocycles. The maximum absolute atomic E-state index is 11.8. The van der Waals surface area contributed by atoms with Crippen molar-refractivity contribution < 1.29 is 19.1 Å². The Morgan fingerprint density at radius 1 is 1.48 bits per heavy atom. The van der Waals surface area contributed by atoms with E-state index in [1.807, 2.05) is 13.8 Å². The number of halogens is 1. The molecule has 0 aromatic heterocycles. The van der Waals surface area contributed by atoms with Gasteiger partial charge in [0.05, 0.1) is 12.1 Å². The maximum Gasteiger partial charge on any atom is 0.407 e. The minimum atomic E-state index is -0.814. The Labute approximate surface area is 135 Å². The van der Waals surface area contributed by atoms with Gasteiger partial charge in [-0.05, 0) is 20.3 Å². The average Bonchev–Trinajstić information content (AvgIpc) is 2.47. The number of ether oxygens (including phenoxy) is 2. The quantitative estimate of drug-likeness (QED) is 0.445. The number of alkyl halides is 1. The Kier molecular flexibility index (Phi) is 6.50. The van der Waals surface area contributed by atoms with Gasteiger partial charge >= 0.3 is 12.1 Å². The lowest BCUT2D eigenvalue weighted by atomic mass is 9.76. The van der Waals surface area contributed by atoms with Gasteiger partial charge in [0.2, 0.25) is 0 Å². The third-order valence-corrected chi connectivity index (χ3v) is 5.70. The first-order chi connectivity index (χ1) is 9.75. The number of carbonyl (C=O) groups excluding carboxylic acids is 2. The first-order valence-corrected chi connectivity index (χ1v) is 8.45. The van der Waals surface area contributed by atoms with Crippen molar-refractivity contribution in [2.75, 3.05) is 6.61 Å². The number of rotatable bonds is 6. The van der Waals surface area contributed by atoms with Gasteiger partial charge in [-0.1, -0.05) is 42.1 Å². The van der Waals surface area contributed by atoms with E-state index in [4.69, 9.17) is 9.47 Å². The molecule has 0 radical (unpaired) electrons. The average molecular weight is 364 g/mol. The van der Waals surface area contributed by atoms with E-state index in [2.05, 4.69) is 28.2 Å². The van der Waals surface area contributed by atoms with E-state index in [0.717, 1.165) is 25.7 Å². The number of cyclic esters (lactones) is 1. The van der Waals surface area contributed by atoms with E-state index in [1.165, 1.54) is 6.92 Å². The zero-order chi connectivity index (χ0) is 16.1. The summed E-state index contributed by atoms with van der Waals surface area (Å²) in [7, 11) is 0. The fourth-order valence-corrected chi connectivity index (χ4v) is 3.65. The third kappa shape index (κ3) is 4.34. The zero-order valence-electron chi connectivity index (χ0n) is 13.3. The molecule has 1 fully saturated rings. The summed E-state index contributed by atoms with van der Waals surface area (Å²) in [6, 6.07) is 0. The summed E-state index contributed by atoms with van der Waals surface area (Å²) in [5.41, 5.74) is -1.54. The number of carbonyl (C=O) groups is 2. The van der Waals surface area contributed by atoms with Crippen LogP contribution in [0.3, 0.4) is 0 Å². The SMILES string of the molecule is CCCCC[C@H](Br)[C@@]1(C)NC(=O)OCC[C@@]1(C)OC(C)=O. The molecule has 0 unspecified atom stereocenters. The van der Waals surface area contributed by atoms with Gasteiger partial charge in [0.25, 0.3) is 0 Å². The van der Waals surface area contributed by atoms with Crippen LogP contribution in [0, 0.1) is 0 Å². The number of unbranched alkanes of at least 4 members (excludes halogenated alkanes) is 2. The van der Waals surface area contributed by atoms with E-state index < -0.39 is 17.2 Å². The summed E-state index contributed by atoms with van der Waals surface area (Å²) in [6.45, 7) is 7.54. The summed E-state index contributed by atoms with van der Waals surface area (Å²) in [5.74, 6) is -0.354. The largest absolute Gasteiger partial charge is 0.457 e. The highest BCUT2D eigenvalue weighted by Gasteiger charge is 2.54. The summed E-state index contributed by atoms with van der Waals surface area (Å²) in [6.07, 6.45) is 4.21. The fourth-order valence-electron chi connectivity index (χ4n) is 2.72. The van der Waals surface area contributed by atoms with Crippen molar-refractivity contribution in [2.24, 2.45) is 0 Å². The lowest BCUT2D eigenvalue weighted by molar-refractivity contribution is -0.164. The summed E-state index contributed by atoms with van der Waals surface area (Å²) in [4.78, 5) is 23.3. The maximum atomic E-state index is 11.8. The fraction of sp³-hybridized carbons (Fsp3) is 0.867. The van der Waals surface area contributed by atoms with E-state index >= 15 is 0 Å². The molecule has 0 saturated carbocycles. The standard InChI is InChI=1S/C15H26BrNO4/c1-5-6-7-8-12(16)15(4)14(3,21-11(2)18)9-10-20-13(19)17-15/h12H,5-10H2,1-4H3,(H,17,19)/t12-,14+,15+/m0/s1. The summed E-state index contributed by atoms with van der Waals surface area (Å²) >= 11 is 3.69. The van der Waals surface area contributed by atoms with Crippen molar-refractivity contribution in [1.82, 2.24) is 5.32 Å². The van der Waals surface area contributed by atoms with Gasteiger partial charge in [-0.2, -0.15) is 0 Å². The first kappa shape index (κ1) is 18.3. The van der Waals surface area contributed by atoms with Crippen LogP contribution >= 0.6 is 15.9 Å². The second-order valence-electron chi connectivity index (χ2n) is 6.00. The topological polar surface area (TPSA) is 64.6 Å². The van der Waals surface area contributed by atoms with Gasteiger partial charge < -0.3 is 14.8 Å². The molecule has 5 nitrogen and oxygen atoms in total. The lowest BCUT2D eigenvalue weighted by Crippen LogP contribution is -2.66. The molecule has 1 aliphatic heterocycles. The Bertz CT molecular complexity index is 390. The molecule has 1 amide bonds. The van der Waals surface area contributed by atoms with Crippen LogP contribution in [0.4, 0.5) is 4.79 Å². The molecule has 21 heavy (non-hydrogen) atoms. The molecular formula is C15H26BrNO4. The van der Waals surface area contributed by atoms with E-state index in [9.17, 15) is 9.59 Å². The smallest absolute Gasteiger partial charge is 0.407 e. The van der Waals surface area contributed by atoms with Crippen LogP contribution in [0.25, 0.3) is 0 Å². The molecule has 0 bridgehead atoms. The number of hydrogen-bond donors (Lipinski definition) is 1. The minimum Gasteiger partial charge on any atom is -0.457 e. The summed E-state index contributed by atoms with van der Waals surface area (Å²) < 4.78 is 10.7. The van der Waals surface area contributed by atoms with E-state index in [1.54, 1.807) is 0 Å². The van der Waals surface area contributed by atoms with Gasteiger partial charge in [0.1, 0.15) is 5.60 Å². The Balaban J connectivity index is 3.00. The molecule has 3 atom stereocenters. The van der Waals surface area contributed by atoms with Crippen molar-refractivity contribution >= 4 is 28.0 Å². The van der Waals surface area contributed by atoms with Crippen molar-refractivity contribution in [3.05, 3.63) is 0 Å². The van der Waals surface area contributed by atoms with Crippen LogP contribution in [-0.4, -0.2) is 34.6 Å². The Morgan fingerprint density at radius 2 is 2.14 bits per heavy atom. The molecule has 1 N–H and O–H groups in total. The number of esters is 1. The zero-order valence-corrected chi connectivity index (χ0v) is 14.9. The van der Waals surface area contributed by atoms with Crippen LogP contribution in [0.1, 0.15) is 59.8 Å². The monoisotopic (exact) mass is 363 g/mol. The molecule has 1 rings (SSSR count). The molecule has 0 spiro atoms. The van der Waals surface area contributed by atoms with Crippen molar-refractivity contribution in [3.63, 3.8) is 0 Å². The second kappa shape index (κ2) is 7.47. The second-order valence-corrected chi connectivity index (χ2v) is 7.11. The van der Waals surface area contributed by atoms with Gasteiger partial charge in [-0.25, -0.2) is 4.79 Å². The van der Waals surface area contributed by atoms with Crippen molar-refractivity contribution in [3.8, 4) is 0 Å². The predicted octanol–water partition coefficient (Wildman–Crippen LogP) is 3.54. The third-order valence-electron chi connectivity index (χ3n) is 4.33. The predicted molar refractivity (Wildman–Crippen MR) is 84.5 cm³/mol. The highest BCUT2D eigenvalue weighted by molar-refractivity contribution is 9.09. The molecule has 122 valence electrons. The number of nitrogens with one attached hydrogen (secondary N) is 1. The van der Waals surface area contributed by atoms with Crippen LogP contribution in [0.15, 0.2) is 0 Å². The first-order valence-electron chi connectivity index (χ1n) is 7.54. The normalized spacial score (nSPS) is 30.8. The Morgan fingerprint density at radius 3 is 2.71 bits per heavy atom. The molecule has 6 heteroatoms. The highest BCUT2D eigenvalue weighted by atomic mass is 79.9. The number of alkyl carbamates (subject to hydrolysis) is 1. The van der Waals surface area contributed by atoms with Crippen LogP contribution in [0.2, 0.25) is 0 Å². The van der Waals surface area contributed by atoms with Crippen molar-refractivity contribution in [1.29, 1.82) is 0 Å². The van der Waals surface area contributed by atoms with Crippen LogP contribution in [-0.2, 0) is 14.3 Å². The molecular weight excluding hydrogens is 338 g/mol. The number of amides is 1. The van der Waals surface area contributed by atoms with Gasteiger partial charge in [0, 0.05) is 18.2 Å². The van der Waals surface area contributed by atoms with Crippen LogP contribution in [0.5, 0.6) is 0 Å². The van der Waals surface area contributed by atoms with Gasteiger partial charge in [-0.3, -0.25) is 4.79 Å². The molecule has 0 aromatic carbocycles. The van der Waals surface area contributed by atoms with Crippen molar-refractivity contribution in [2.45, 2.75) is 75.8 Å². The van der Waals surface area contributed by atoms with Crippen LogP contribution < -0.4 is 5.32 Å². The van der Waals surface area contributed by atoms with E-state index in [-0.39, 0.29) is 17.4 Å². The Hall–Kier alpha value is -0.780. The van der Waals surface area contributed by atoms with E-state index in [0.29, 0.717) is 6.42 Å². The lowest BCUT2D eigenvalue weighted by Gasteiger charge is -2.46. The van der Waals surface area contributed by atoms with Gasteiger partial charge in [0.15, 0.2) is 0 Å². The highest BCUT2D eigenvalue weighted by Crippen LogP contribution is 2.39. The molecule has 0 aromatic rings. The number of hydrogen-bond acceptors (Lipinski definition) is 4. The molecule has 0 aliphatic carbocycles. The molecule has 1 heterocycles. The molecule has 1 aliphatic rings. The summed E-state index contributed by atoms with van der Waals surface area (Å²) in [5, 5.41) is 2.89.